The van der Waals surface area contributed by atoms with Gasteiger partial charge in [0, 0.05) is 12.1 Å². The van der Waals surface area contributed by atoms with Crippen molar-refractivity contribution in [1.29, 1.82) is 0 Å². The number of piperidine rings is 1. The molecule has 0 bridgehead atoms. The zero-order valence-electron chi connectivity index (χ0n) is 12.5. The van der Waals surface area contributed by atoms with Crippen molar-refractivity contribution >= 4 is 0 Å². The van der Waals surface area contributed by atoms with E-state index in [1.54, 1.807) is 0 Å². The van der Waals surface area contributed by atoms with Gasteiger partial charge in [-0.15, -0.1) is 0 Å². The van der Waals surface area contributed by atoms with Crippen molar-refractivity contribution in [1.82, 2.24) is 10.2 Å². The van der Waals surface area contributed by atoms with Crippen LogP contribution in [0.1, 0.15) is 65.2 Å². The highest BCUT2D eigenvalue weighted by molar-refractivity contribution is 4.81. The predicted octanol–water partition coefficient (Wildman–Crippen LogP) is 3.42. The first-order chi connectivity index (χ1) is 8.78. The van der Waals surface area contributed by atoms with Crippen LogP contribution in [0.4, 0.5) is 0 Å². The number of nitrogens with zero attached hydrogens (tertiary/aromatic N) is 1. The second-order valence-corrected chi connectivity index (χ2v) is 6.57. The summed E-state index contributed by atoms with van der Waals surface area (Å²) in [5.41, 5.74) is 0. The lowest BCUT2D eigenvalue weighted by Gasteiger charge is -2.35. The Kier molecular flexibility index (Phi) is 5.97. The van der Waals surface area contributed by atoms with E-state index in [1.165, 1.54) is 71.0 Å². The van der Waals surface area contributed by atoms with E-state index in [4.69, 9.17) is 0 Å². The van der Waals surface area contributed by atoms with Gasteiger partial charge in [-0.2, -0.15) is 0 Å². The van der Waals surface area contributed by atoms with Gasteiger partial charge in [0.25, 0.3) is 0 Å². The number of hydrogen-bond acceptors (Lipinski definition) is 2. The molecule has 106 valence electrons. The van der Waals surface area contributed by atoms with Crippen LogP contribution < -0.4 is 5.32 Å². The van der Waals surface area contributed by atoms with Crippen LogP contribution in [0, 0.1) is 5.92 Å². The number of hydrogen-bond donors (Lipinski definition) is 1. The van der Waals surface area contributed by atoms with Crippen molar-refractivity contribution in [3.63, 3.8) is 0 Å². The highest BCUT2D eigenvalue weighted by Gasteiger charge is 2.23. The van der Waals surface area contributed by atoms with Gasteiger partial charge in [-0.05, 0) is 58.2 Å². The maximum Gasteiger partial charge on any atom is 0.00938 e. The van der Waals surface area contributed by atoms with Gasteiger partial charge in [0.05, 0.1) is 0 Å². The van der Waals surface area contributed by atoms with E-state index in [-0.39, 0.29) is 0 Å². The Bertz CT molecular complexity index is 217. The molecule has 1 aliphatic carbocycles. The van der Waals surface area contributed by atoms with Gasteiger partial charge in [-0.1, -0.05) is 32.6 Å². The van der Waals surface area contributed by atoms with E-state index in [1.807, 2.05) is 0 Å². The molecule has 1 saturated carbocycles. The van der Waals surface area contributed by atoms with Crippen molar-refractivity contribution < 1.29 is 0 Å². The Morgan fingerprint density at radius 3 is 2.44 bits per heavy atom. The van der Waals surface area contributed by atoms with Crippen molar-refractivity contribution in [3.8, 4) is 0 Å². The summed E-state index contributed by atoms with van der Waals surface area (Å²) in [6.07, 6.45) is 11.3. The third-order valence-corrected chi connectivity index (χ3v) is 4.85. The Morgan fingerprint density at radius 2 is 1.89 bits per heavy atom. The van der Waals surface area contributed by atoms with Gasteiger partial charge < -0.3 is 10.2 Å². The number of rotatable bonds is 7. The van der Waals surface area contributed by atoms with Gasteiger partial charge in [0.1, 0.15) is 0 Å². The summed E-state index contributed by atoms with van der Waals surface area (Å²) in [5.74, 6) is 1.04. The van der Waals surface area contributed by atoms with Crippen molar-refractivity contribution in [3.05, 3.63) is 0 Å². The summed E-state index contributed by atoms with van der Waals surface area (Å²) >= 11 is 0. The van der Waals surface area contributed by atoms with Crippen LogP contribution in [0.3, 0.4) is 0 Å². The zero-order chi connectivity index (χ0) is 12.8. The van der Waals surface area contributed by atoms with Crippen molar-refractivity contribution in [2.24, 2.45) is 5.92 Å². The molecule has 0 aromatic heterocycles. The minimum Gasteiger partial charge on any atom is -0.311 e. The molecule has 18 heavy (non-hydrogen) atoms. The first-order valence-electron chi connectivity index (χ1n) is 8.26. The number of likely N-dealkylation sites (tertiary alicyclic amines) is 1. The molecule has 1 aliphatic heterocycles. The zero-order valence-corrected chi connectivity index (χ0v) is 12.5. The van der Waals surface area contributed by atoms with Crippen LogP contribution in [0.5, 0.6) is 0 Å². The second-order valence-electron chi connectivity index (χ2n) is 6.57. The van der Waals surface area contributed by atoms with Crippen LogP contribution in [0.25, 0.3) is 0 Å². The largest absolute Gasteiger partial charge is 0.311 e. The van der Waals surface area contributed by atoms with Crippen LogP contribution in [-0.2, 0) is 0 Å². The molecule has 2 nitrogen and oxygen atoms in total. The molecule has 2 fully saturated rings. The van der Waals surface area contributed by atoms with E-state index in [9.17, 15) is 0 Å². The monoisotopic (exact) mass is 252 g/mol. The topological polar surface area (TPSA) is 15.3 Å². The third kappa shape index (κ3) is 4.55. The van der Waals surface area contributed by atoms with Gasteiger partial charge >= 0.3 is 0 Å². The first kappa shape index (κ1) is 14.3. The summed E-state index contributed by atoms with van der Waals surface area (Å²) in [6.45, 7) is 8.63. The molecule has 0 spiro atoms. The number of nitrogens with one attached hydrogen (secondary N) is 1. The predicted molar refractivity (Wildman–Crippen MR) is 78.9 cm³/mol. The Balaban J connectivity index is 1.57. The molecule has 1 atom stereocenters. The quantitative estimate of drug-likeness (QED) is 0.747. The summed E-state index contributed by atoms with van der Waals surface area (Å²) in [4.78, 5) is 2.65. The molecule has 0 amide bonds. The molecule has 0 aromatic carbocycles. The average molecular weight is 252 g/mol. The minimum absolute atomic E-state index is 0.738. The maximum atomic E-state index is 3.87. The van der Waals surface area contributed by atoms with Crippen LogP contribution in [0.15, 0.2) is 0 Å². The Hall–Kier alpha value is -0.0800. The molecular weight excluding hydrogens is 220 g/mol. The molecule has 0 radical (unpaired) electrons. The number of unbranched alkanes of at least 4 members (excludes halogenated alkanes) is 1. The molecule has 1 unspecified atom stereocenters. The van der Waals surface area contributed by atoms with Gasteiger partial charge in [-0.25, -0.2) is 0 Å². The standard InChI is InChI=1S/C16H32N2/c1-3-4-10-18-11-8-16(9-12-18)17-14(2)13-15-6-5-7-15/h14-17H,3-13H2,1-2H3. The van der Waals surface area contributed by atoms with Crippen LogP contribution in [0.2, 0.25) is 0 Å². The molecule has 1 N–H and O–H groups in total. The average Bonchev–Trinajstić information content (AvgIpc) is 2.33. The highest BCUT2D eigenvalue weighted by atomic mass is 15.1. The van der Waals surface area contributed by atoms with Crippen molar-refractivity contribution in [2.75, 3.05) is 19.6 Å². The fraction of sp³-hybridized carbons (Fsp3) is 1.00. The van der Waals surface area contributed by atoms with E-state index in [2.05, 4.69) is 24.1 Å². The lowest BCUT2D eigenvalue weighted by Crippen LogP contribution is -2.46. The third-order valence-electron chi connectivity index (χ3n) is 4.85. The van der Waals surface area contributed by atoms with E-state index in [0.717, 1.165) is 18.0 Å². The summed E-state index contributed by atoms with van der Waals surface area (Å²) in [5, 5.41) is 3.87. The fourth-order valence-corrected chi connectivity index (χ4v) is 3.40. The first-order valence-corrected chi connectivity index (χ1v) is 8.26. The molecule has 2 rings (SSSR count). The Labute approximate surface area is 114 Å². The summed E-state index contributed by atoms with van der Waals surface area (Å²) < 4.78 is 0. The lowest BCUT2D eigenvalue weighted by molar-refractivity contribution is 0.180. The summed E-state index contributed by atoms with van der Waals surface area (Å²) in [6, 6.07) is 1.53. The van der Waals surface area contributed by atoms with E-state index < -0.39 is 0 Å². The molecule has 2 heteroatoms. The molecule has 1 saturated heterocycles. The fourth-order valence-electron chi connectivity index (χ4n) is 3.40. The van der Waals surface area contributed by atoms with Gasteiger partial charge in [-0.3, -0.25) is 0 Å². The van der Waals surface area contributed by atoms with Gasteiger partial charge in [0.2, 0.25) is 0 Å². The molecule has 1 heterocycles. The van der Waals surface area contributed by atoms with Crippen LogP contribution in [-0.4, -0.2) is 36.6 Å². The molecule has 2 aliphatic rings. The normalized spacial score (nSPS) is 25.0. The minimum atomic E-state index is 0.738. The SMILES string of the molecule is CCCCN1CCC(NC(C)CC2CCC2)CC1. The highest BCUT2D eigenvalue weighted by Crippen LogP contribution is 2.30. The van der Waals surface area contributed by atoms with Crippen molar-refractivity contribution in [2.45, 2.75) is 77.3 Å². The molecular formula is C16H32N2. The maximum absolute atomic E-state index is 3.87. The van der Waals surface area contributed by atoms with E-state index in [0.29, 0.717) is 0 Å². The van der Waals surface area contributed by atoms with E-state index >= 15 is 0 Å². The van der Waals surface area contributed by atoms with Gasteiger partial charge in [0.15, 0.2) is 0 Å². The molecule has 0 aromatic rings. The second kappa shape index (κ2) is 7.49. The van der Waals surface area contributed by atoms with Crippen LogP contribution >= 0.6 is 0 Å². The Morgan fingerprint density at radius 1 is 1.17 bits per heavy atom. The summed E-state index contributed by atoms with van der Waals surface area (Å²) in [7, 11) is 0. The lowest BCUT2D eigenvalue weighted by atomic mass is 9.81. The smallest absolute Gasteiger partial charge is 0.00938 e.